The molecular weight excluding hydrogens is 416 g/mol. The summed E-state index contributed by atoms with van der Waals surface area (Å²) in [6, 6.07) is 20.2. The highest BCUT2D eigenvalue weighted by molar-refractivity contribution is 7.92. The number of hydrogen-bond donors (Lipinski definition) is 2. The maximum atomic E-state index is 12.6. The average Bonchev–Trinajstić information content (AvgIpc) is 2.78. The summed E-state index contributed by atoms with van der Waals surface area (Å²) in [5.74, 6) is 0.887. The second kappa shape index (κ2) is 9.99. The predicted molar refractivity (Wildman–Crippen MR) is 119 cm³/mol. The van der Waals surface area contributed by atoms with E-state index in [1.807, 2.05) is 12.1 Å². The molecule has 0 saturated carbocycles. The molecule has 2 N–H and O–H groups in total. The molecule has 0 aliphatic rings. The van der Waals surface area contributed by atoms with E-state index in [4.69, 9.17) is 9.47 Å². The van der Waals surface area contributed by atoms with Crippen LogP contribution in [0.5, 0.6) is 11.5 Å². The highest BCUT2D eigenvalue weighted by Crippen LogP contribution is 2.25. The van der Waals surface area contributed by atoms with E-state index in [9.17, 15) is 13.2 Å². The number of sulfonamides is 1. The van der Waals surface area contributed by atoms with Crippen molar-refractivity contribution in [2.45, 2.75) is 11.8 Å². The van der Waals surface area contributed by atoms with Crippen LogP contribution in [0, 0.1) is 6.92 Å². The average molecular weight is 441 g/mol. The van der Waals surface area contributed by atoms with Gasteiger partial charge in [-0.1, -0.05) is 36.4 Å². The smallest absolute Gasteiger partial charge is 0.261 e. The van der Waals surface area contributed by atoms with Gasteiger partial charge in [0.15, 0.2) is 11.5 Å². The molecule has 1 amide bonds. The van der Waals surface area contributed by atoms with E-state index in [0.29, 0.717) is 28.3 Å². The molecule has 0 aliphatic heterocycles. The molecular formula is C23H24N2O5S. The zero-order valence-corrected chi connectivity index (χ0v) is 18.1. The van der Waals surface area contributed by atoms with Gasteiger partial charge in [0.2, 0.25) is 0 Å². The van der Waals surface area contributed by atoms with Gasteiger partial charge in [-0.25, -0.2) is 8.42 Å². The van der Waals surface area contributed by atoms with E-state index >= 15 is 0 Å². The van der Waals surface area contributed by atoms with E-state index in [2.05, 4.69) is 10.0 Å². The Bertz CT molecular complexity index is 1150. The summed E-state index contributed by atoms with van der Waals surface area (Å²) in [5, 5.41) is 2.79. The van der Waals surface area contributed by atoms with Gasteiger partial charge in [-0.15, -0.1) is 0 Å². The number of methoxy groups -OCH3 is 1. The van der Waals surface area contributed by atoms with Crippen LogP contribution < -0.4 is 19.5 Å². The summed E-state index contributed by atoms with van der Waals surface area (Å²) in [5.41, 5.74) is 1.26. The van der Waals surface area contributed by atoms with Crippen molar-refractivity contribution < 1.29 is 22.7 Å². The number of hydrogen-bond acceptors (Lipinski definition) is 5. The number of amides is 1. The molecule has 8 heteroatoms. The Kier molecular flexibility index (Phi) is 7.15. The molecule has 0 heterocycles. The molecule has 0 fully saturated rings. The monoisotopic (exact) mass is 440 g/mol. The number of para-hydroxylation sites is 2. The van der Waals surface area contributed by atoms with Crippen molar-refractivity contribution in [1.29, 1.82) is 0 Å². The Morgan fingerprint density at radius 1 is 0.903 bits per heavy atom. The summed E-state index contributed by atoms with van der Waals surface area (Å²) in [6.07, 6.45) is 0. The van der Waals surface area contributed by atoms with E-state index in [1.165, 1.54) is 12.1 Å². The zero-order valence-electron chi connectivity index (χ0n) is 17.3. The van der Waals surface area contributed by atoms with Crippen LogP contribution in [0.25, 0.3) is 0 Å². The Hall–Kier alpha value is -3.52. The van der Waals surface area contributed by atoms with Crippen LogP contribution in [-0.2, 0) is 10.0 Å². The van der Waals surface area contributed by atoms with Gasteiger partial charge in [0.25, 0.3) is 15.9 Å². The number of ether oxygens (including phenoxy) is 2. The summed E-state index contributed by atoms with van der Waals surface area (Å²) in [4.78, 5) is 12.8. The third-order valence-electron chi connectivity index (χ3n) is 4.59. The van der Waals surface area contributed by atoms with Gasteiger partial charge < -0.3 is 14.8 Å². The first kappa shape index (κ1) is 22.2. The number of anilines is 1. The van der Waals surface area contributed by atoms with E-state index in [0.717, 1.165) is 0 Å². The molecule has 0 unspecified atom stereocenters. The number of carbonyl (C=O) groups excluding carboxylic acids is 1. The zero-order chi connectivity index (χ0) is 22.3. The summed E-state index contributed by atoms with van der Waals surface area (Å²) in [6.45, 7) is 2.23. The van der Waals surface area contributed by atoms with Crippen molar-refractivity contribution in [2.75, 3.05) is 25.0 Å². The molecule has 0 atom stereocenters. The Balaban J connectivity index is 1.63. The van der Waals surface area contributed by atoms with E-state index in [-0.39, 0.29) is 24.0 Å². The minimum absolute atomic E-state index is 0.151. The molecule has 0 bridgehead atoms. The van der Waals surface area contributed by atoms with Crippen LogP contribution in [-0.4, -0.2) is 34.6 Å². The van der Waals surface area contributed by atoms with E-state index < -0.39 is 10.0 Å². The fourth-order valence-electron chi connectivity index (χ4n) is 2.95. The molecule has 0 saturated heterocycles. The predicted octanol–water partition coefficient (Wildman–Crippen LogP) is 3.61. The third kappa shape index (κ3) is 5.55. The topological polar surface area (TPSA) is 93.7 Å². The lowest BCUT2D eigenvalue weighted by Gasteiger charge is -2.14. The van der Waals surface area contributed by atoms with Crippen LogP contribution >= 0.6 is 0 Å². The standard InChI is InChI=1S/C23H24N2O5S/c1-17-19(23(26)24-15-16-30-22-14-7-6-13-21(22)29-2)11-8-12-20(17)25-31(27,28)18-9-4-3-5-10-18/h3-14,25H,15-16H2,1-2H3,(H,24,26). The van der Waals surface area contributed by atoms with Crippen LogP contribution in [0.4, 0.5) is 5.69 Å². The largest absolute Gasteiger partial charge is 0.493 e. The van der Waals surface area contributed by atoms with Gasteiger partial charge in [0, 0.05) is 5.56 Å². The van der Waals surface area contributed by atoms with Crippen LogP contribution in [0.1, 0.15) is 15.9 Å². The Labute approximate surface area is 182 Å². The number of benzene rings is 3. The molecule has 7 nitrogen and oxygen atoms in total. The molecule has 31 heavy (non-hydrogen) atoms. The molecule has 0 aromatic heterocycles. The minimum Gasteiger partial charge on any atom is -0.493 e. The first-order valence-electron chi connectivity index (χ1n) is 9.64. The summed E-state index contributed by atoms with van der Waals surface area (Å²) >= 11 is 0. The van der Waals surface area contributed by atoms with Crippen molar-refractivity contribution in [3.05, 3.63) is 83.9 Å². The maximum Gasteiger partial charge on any atom is 0.261 e. The Morgan fingerprint density at radius 2 is 1.58 bits per heavy atom. The van der Waals surface area contributed by atoms with Crippen molar-refractivity contribution in [3.63, 3.8) is 0 Å². The van der Waals surface area contributed by atoms with E-state index in [1.54, 1.807) is 62.6 Å². The maximum absolute atomic E-state index is 12.6. The molecule has 0 radical (unpaired) electrons. The summed E-state index contributed by atoms with van der Waals surface area (Å²) in [7, 11) is -2.19. The van der Waals surface area contributed by atoms with Gasteiger partial charge in [-0.2, -0.15) is 0 Å². The lowest BCUT2D eigenvalue weighted by Crippen LogP contribution is -2.29. The molecule has 0 aliphatic carbocycles. The van der Waals surface area contributed by atoms with Crippen LogP contribution in [0.15, 0.2) is 77.7 Å². The van der Waals surface area contributed by atoms with Crippen LogP contribution in [0.3, 0.4) is 0 Å². The van der Waals surface area contributed by atoms with Gasteiger partial charge in [-0.3, -0.25) is 9.52 Å². The normalized spacial score (nSPS) is 10.9. The second-order valence-corrected chi connectivity index (χ2v) is 8.33. The highest BCUT2D eigenvalue weighted by Gasteiger charge is 2.17. The van der Waals surface area contributed by atoms with Crippen molar-refractivity contribution in [3.8, 4) is 11.5 Å². The van der Waals surface area contributed by atoms with Gasteiger partial charge in [0.1, 0.15) is 6.61 Å². The molecule has 0 spiro atoms. The number of carbonyl (C=O) groups is 1. The molecule has 3 aromatic carbocycles. The van der Waals surface area contributed by atoms with Crippen molar-refractivity contribution in [1.82, 2.24) is 5.32 Å². The fraction of sp³-hybridized carbons (Fsp3) is 0.174. The highest BCUT2D eigenvalue weighted by atomic mass is 32.2. The quantitative estimate of drug-likeness (QED) is 0.496. The van der Waals surface area contributed by atoms with Crippen molar-refractivity contribution >= 4 is 21.6 Å². The second-order valence-electron chi connectivity index (χ2n) is 6.65. The van der Waals surface area contributed by atoms with Gasteiger partial charge in [-0.05, 0) is 48.9 Å². The third-order valence-corrected chi connectivity index (χ3v) is 5.97. The molecule has 3 aromatic rings. The number of nitrogens with one attached hydrogen (secondary N) is 2. The minimum atomic E-state index is -3.75. The first-order valence-corrected chi connectivity index (χ1v) is 11.1. The Morgan fingerprint density at radius 3 is 2.29 bits per heavy atom. The van der Waals surface area contributed by atoms with Gasteiger partial charge >= 0.3 is 0 Å². The lowest BCUT2D eigenvalue weighted by atomic mass is 10.1. The molecule has 3 rings (SSSR count). The summed E-state index contributed by atoms with van der Waals surface area (Å²) < 4.78 is 38.6. The van der Waals surface area contributed by atoms with Crippen LogP contribution in [0.2, 0.25) is 0 Å². The number of rotatable bonds is 9. The lowest BCUT2D eigenvalue weighted by molar-refractivity contribution is 0.0946. The first-order chi connectivity index (χ1) is 14.9. The van der Waals surface area contributed by atoms with Crippen molar-refractivity contribution in [2.24, 2.45) is 0 Å². The molecule has 162 valence electrons. The SMILES string of the molecule is COc1ccccc1OCCNC(=O)c1cccc(NS(=O)(=O)c2ccccc2)c1C. The van der Waals surface area contributed by atoms with Gasteiger partial charge in [0.05, 0.1) is 24.2 Å². The fourth-order valence-corrected chi connectivity index (χ4v) is 4.10.